The average Bonchev–Trinajstić information content (AvgIpc) is 2.93. The number of aromatic carboxylic acids is 1. The summed E-state index contributed by atoms with van der Waals surface area (Å²) in [6.07, 6.45) is 3.22. The van der Waals surface area contributed by atoms with Gasteiger partial charge in [-0.15, -0.1) is 11.3 Å². The lowest BCUT2D eigenvalue weighted by atomic mass is 10.4. The van der Waals surface area contributed by atoms with Gasteiger partial charge in [0, 0.05) is 11.6 Å². The van der Waals surface area contributed by atoms with Crippen molar-refractivity contribution in [2.45, 2.75) is 20.0 Å². The van der Waals surface area contributed by atoms with Crippen molar-refractivity contribution in [3.63, 3.8) is 0 Å². The minimum atomic E-state index is -1.08. The van der Waals surface area contributed by atoms with E-state index in [1.165, 1.54) is 16.7 Å². The predicted molar refractivity (Wildman–Crippen MR) is 74.9 cm³/mol. The molecule has 0 radical (unpaired) electrons. The first-order chi connectivity index (χ1) is 10.0. The summed E-state index contributed by atoms with van der Waals surface area (Å²) in [5.41, 5.74) is 1.44. The largest absolute Gasteiger partial charge is 0.476 e. The second-order valence-corrected chi connectivity index (χ2v) is 5.06. The number of aromatic nitrogens is 3. The number of nitrogens with one attached hydrogen (secondary N) is 2. The molecular formula is C12H13N5O3S. The van der Waals surface area contributed by atoms with Gasteiger partial charge >= 0.3 is 12.0 Å². The highest BCUT2D eigenvalue weighted by Crippen LogP contribution is 2.09. The molecule has 0 aromatic carbocycles. The van der Waals surface area contributed by atoms with Gasteiger partial charge in [0.1, 0.15) is 5.01 Å². The second kappa shape index (κ2) is 6.75. The van der Waals surface area contributed by atoms with Crippen LogP contribution >= 0.6 is 11.3 Å². The van der Waals surface area contributed by atoms with Crippen LogP contribution in [0.4, 0.5) is 4.79 Å². The van der Waals surface area contributed by atoms with Crippen LogP contribution in [0.5, 0.6) is 0 Å². The number of carbonyl (C=O) groups is 2. The molecule has 0 spiro atoms. The molecule has 0 bridgehead atoms. The van der Waals surface area contributed by atoms with Crippen LogP contribution in [0.15, 0.2) is 17.8 Å². The van der Waals surface area contributed by atoms with Crippen LogP contribution < -0.4 is 10.6 Å². The Labute approximate surface area is 124 Å². The third-order valence-electron chi connectivity index (χ3n) is 2.44. The second-order valence-electron chi connectivity index (χ2n) is 4.12. The number of aryl methyl sites for hydroxylation is 1. The van der Waals surface area contributed by atoms with E-state index >= 15 is 0 Å². The van der Waals surface area contributed by atoms with E-state index in [4.69, 9.17) is 5.11 Å². The van der Waals surface area contributed by atoms with Gasteiger partial charge in [-0.05, 0) is 6.92 Å². The van der Waals surface area contributed by atoms with E-state index in [0.717, 1.165) is 5.69 Å². The van der Waals surface area contributed by atoms with Crippen molar-refractivity contribution in [3.05, 3.63) is 39.9 Å². The molecule has 2 aromatic rings. The summed E-state index contributed by atoms with van der Waals surface area (Å²) in [5.74, 6) is -1.08. The zero-order chi connectivity index (χ0) is 15.2. The van der Waals surface area contributed by atoms with Crippen LogP contribution in [0.2, 0.25) is 0 Å². The number of amides is 2. The molecule has 0 unspecified atom stereocenters. The van der Waals surface area contributed by atoms with E-state index in [0.29, 0.717) is 10.7 Å². The van der Waals surface area contributed by atoms with E-state index in [1.807, 2.05) is 6.92 Å². The van der Waals surface area contributed by atoms with Crippen molar-refractivity contribution in [3.8, 4) is 0 Å². The monoisotopic (exact) mass is 307 g/mol. The summed E-state index contributed by atoms with van der Waals surface area (Å²) in [6, 6.07) is -0.385. The molecule has 2 amide bonds. The molecule has 2 rings (SSSR count). The highest BCUT2D eigenvalue weighted by Gasteiger charge is 2.09. The Balaban J connectivity index is 1.76. The van der Waals surface area contributed by atoms with Crippen LogP contribution in [0.25, 0.3) is 0 Å². The topological polar surface area (TPSA) is 117 Å². The fraction of sp³-hybridized carbons (Fsp3) is 0.250. The molecule has 0 aliphatic carbocycles. The van der Waals surface area contributed by atoms with Gasteiger partial charge < -0.3 is 15.7 Å². The van der Waals surface area contributed by atoms with Crippen molar-refractivity contribution in [2.75, 3.05) is 0 Å². The Morgan fingerprint density at radius 1 is 1.24 bits per heavy atom. The SMILES string of the molecule is Cc1cnc(CNC(=O)NCc2nc(C(=O)O)cs2)cn1. The van der Waals surface area contributed by atoms with Crippen LogP contribution in [0.1, 0.15) is 26.9 Å². The van der Waals surface area contributed by atoms with E-state index in [2.05, 4.69) is 25.6 Å². The Morgan fingerprint density at radius 3 is 2.62 bits per heavy atom. The summed E-state index contributed by atoms with van der Waals surface area (Å²) >= 11 is 1.18. The van der Waals surface area contributed by atoms with Crippen molar-refractivity contribution < 1.29 is 14.7 Å². The molecule has 0 aliphatic rings. The molecule has 2 aromatic heterocycles. The summed E-state index contributed by atoms with van der Waals surface area (Å²) in [4.78, 5) is 34.3. The highest BCUT2D eigenvalue weighted by atomic mass is 32.1. The van der Waals surface area contributed by atoms with E-state index in [1.54, 1.807) is 12.4 Å². The molecule has 0 saturated carbocycles. The number of carboxylic acids is 1. The fourth-order valence-electron chi connectivity index (χ4n) is 1.39. The lowest BCUT2D eigenvalue weighted by Crippen LogP contribution is -2.34. The van der Waals surface area contributed by atoms with Gasteiger partial charge in [0.25, 0.3) is 0 Å². The molecule has 110 valence electrons. The molecule has 0 fully saturated rings. The first-order valence-corrected chi connectivity index (χ1v) is 6.89. The number of thiazole rings is 1. The van der Waals surface area contributed by atoms with Crippen molar-refractivity contribution in [2.24, 2.45) is 0 Å². The number of urea groups is 1. The van der Waals surface area contributed by atoms with E-state index in [-0.39, 0.29) is 24.8 Å². The first kappa shape index (κ1) is 14.9. The number of carbonyl (C=O) groups excluding carboxylic acids is 1. The van der Waals surface area contributed by atoms with Crippen LogP contribution in [0.3, 0.4) is 0 Å². The lowest BCUT2D eigenvalue weighted by molar-refractivity contribution is 0.0691. The van der Waals surface area contributed by atoms with Gasteiger partial charge in [0.15, 0.2) is 5.69 Å². The number of hydrogen-bond donors (Lipinski definition) is 3. The van der Waals surface area contributed by atoms with Crippen molar-refractivity contribution in [1.82, 2.24) is 25.6 Å². The average molecular weight is 307 g/mol. The van der Waals surface area contributed by atoms with Crippen molar-refractivity contribution >= 4 is 23.3 Å². The summed E-state index contributed by atoms with van der Waals surface area (Å²) < 4.78 is 0. The van der Waals surface area contributed by atoms with Gasteiger partial charge in [-0.2, -0.15) is 0 Å². The normalized spacial score (nSPS) is 10.1. The molecule has 8 nitrogen and oxygen atoms in total. The molecule has 0 atom stereocenters. The molecule has 21 heavy (non-hydrogen) atoms. The maximum atomic E-state index is 11.6. The highest BCUT2D eigenvalue weighted by molar-refractivity contribution is 7.09. The van der Waals surface area contributed by atoms with Gasteiger partial charge in [0.2, 0.25) is 0 Å². The van der Waals surface area contributed by atoms with E-state index < -0.39 is 5.97 Å². The predicted octanol–water partition coefficient (Wildman–Crippen LogP) is 0.939. The smallest absolute Gasteiger partial charge is 0.355 e. The van der Waals surface area contributed by atoms with Crippen LogP contribution in [0, 0.1) is 6.92 Å². The van der Waals surface area contributed by atoms with Gasteiger partial charge in [-0.25, -0.2) is 14.6 Å². The Hall–Kier alpha value is -2.55. The number of nitrogens with zero attached hydrogens (tertiary/aromatic N) is 3. The summed E-state index contributed by atoms with van der Waals surface area (Å²) in [6.45, 7) is 2.26. The lowest BCUT2D eigenvalue weighted by Gasteiger charge is -2.05. The van der Waals surface area contributed by atoms with Crippen LogP contribution in [-0.2, 0) is 13.1 Å². The van der Waals surface area contributed by atoms with Gasteiger partial charge in [-0.3, -0.25) is 9.97 Å². The Morgan fingerprint density at radius 2 is 2.00 bits per heavy atom. The Bertz CT molecular complexity index is 641. The van der Waals surface area contributed by atoms with Gasteiger partial charge in [0.05, 0.1) is 30.7 Å². The quantitative estimate of drug-likeness (QED) is 0.756. The van der Waals surface area contributed by atoms with Gasteiger partial charge in [-0.1, -0.05) is 0 Å². The zero-order valence-corrected chi connectivity index (χ0v) is 12.0. The molecule has 0 aliphatic heterocycles. The van der Waals surface area contributed by atoms with Crippen LogP contribution in [-0.4, -0.2) is 32.1 Å². The van der Waals surface area contributed by atoms with E-state index in [9.17, 15) is 9.59 Å². The number of carboxylic acid groups (broad SMARTS) is 1. The molecule has 2 heterocycles. The third-order valence-corrected chi connectivity index (χ3v) is 3.28. The first-order valence-electron chi connectivity index (χ1n) is 6.01. The molecular weight excluding hydrogens is 294 g/mol. The van der Waals surface area contributed by atoms with Crippen molar-refractivity contribution in [1.29, 1.82) is 0 Å². The Kier molecular flexibility index (Phi) is 4.77. The summed E-state index contributed by atoms with van der Waals surface area (Å²) in [5, 5.41) is 15.9. The molecule has 3 N–H and O–H groups in total. The maximum Gasteiger partial charge on any atom is 0.355 e. The summed E-state index contributed by atoms with van der Waals surface area (Å²) in [7, 11) is 0. The minimum absolute atomic E-state index is 0.0212. The number of hydrogen-bond acceptors (Lipinski definition) is 6. The zero-order valence-electron chi connectivity index (χ0n) is 11.2. The maximum absolute atomic E-state index is 11.6. The molecule has 9 heteroatoms. The molecule has 0 saturated heterocycles. The number of rotatable bonds is 5. The minimum Gasteiger partial charge on any atom is -0.476 e. The fourth-order valence-corrected chi connectivity index (χ4v) is 2.10. The standard InChI is InChI=1S/C12H13N5O3S/c1-7-2-14-8(3-13-7)4-15-12(20)16-5-10-17-9(6-21-10)11(18)19/h2-3,6H,4-5H2,1H3,(H,18,19)(H2,15,16,20). The third kappa shape index (κ3) is 4.49.